The summed E-state index contributed by atoms with van der Waals surface area (Å²) < 4.78 is 22.0. The first-order chi connectivity index (χ1) is 7.01. The van der Waals surface area contributed by atoms with Crippen LogP contribution in [0, 0.1) is 5.92 Å². The summed E-state index contributed by atoms with van der Waals surface area (Å²) in [6.45, 7) is 3.52. The first kappa shape index (κ1) is 12.9. The molecule has 1 fully saturated rings. The summed E-state index contributed by atoms with van der Waals surface area (Å²) in [5.74, 6) is 1.04. The molecule has 1 rings (SSSR count). The number of rotatable bonds is 5. The molecule has 1 aliphatic heterocycles. The van der Waals surface area contributed by atoms with E-state index in [1.165, 1.54) is 19.1 Å². The van der Waals surface area contributed by atoms with Crippen molar-refractivity contribution in [1.82, 2.24) is 4.90 Å². The Morgan fingerprint density at radius 3 is 2.40 bits per heavy atom. The van der Waals surface area contributed by atoms with Gasteiger partial charge in [0.1, 0.15) is 9.84 Å². The van der Waals surface area contributed by atoms with Crippen LogP contribution < -0.4 is 5.73 Å². The number of sulfone groups is 1. The minimum Gasteiger partial charge on any atom is -0.330 e. The monoisotopic (exact) mass is 234 g/mol. The summed E-state index contributed by atoms with van der Waals surface area (Å²) in [7, 11) is -2.81. The lowest BCUT2D eigenvalue weighted by Gasteiger charge is -2.31. The molecule has 5 heteroatoms. The highest BCUT2D eigenvalue weighted by molar-refractivity contribution is 7.90. The molecule has 4 nitrogen and oxygen atoms in total. The summed E-state index contributed by atoms with van der Waals surface area (Å²) in [5.41, 5.74) is 5.52. The van der Waals surface area contributed by atoms with Crippen molar-refractivity contribution in [3.63, 3.8) is 0 Å². The molecule has 0 amide bonds. The predicted molar refractivity (Wildman–Crippen MR) is 62.5 cm³/mol. The highest BCUT2D eigenvalue weighted by Gasteiger charge is 2.18. The summed E-state index contributed by atoms with van der Waals surface area (Å²) in [6, 6.07) is 0. The normalized spacial score (nSPS) is 20.7. The SMILES string of the molecule is CS(=O)(=O)CCN1CCC(CCN)CC1. The molecule has 0 radical (unpaired) electrons. The molecular weight excluding hydrogens is 212 g/mol. The van der Waals surface area contributed by atoms with Crippen molar-refractivity contribution < 1.29 is 8.42 Å². The second-order valence-corrected chi connectivity index (χ2v) is 6.75. The summed E-state index contributed by atoms with van der Waals surface area (Å²) in [4.78, 5) is 2.24. The first-order valence-electron chi connectivity index (χ1n) is 5.61. The molecule has 1 saturated heterocycles. The Morgan fingerprint density at radius 2 is 1.93 bits per heavy atom. The van der Waals surface area contributed by atoms with E-state index in [0.29, 0.717) is 6.54 Å². The van der Waals surface area contributed by atoms with Gasteiger partial charge in [0.25, 0.3) is 0 Å². The third-order valence-corrected chi connectivity index (χ3v) is 3.98. The molecule has 1 heterocycles. The largest absolute Gasteiger partial charge is 0.330 e. The maximum atomic E-state index is 11.0. The average molecular weight is 234 g/mol. The highest BCUT2D eigenvalue weighted by Crippen LogP contribution is 2.19. The molecule has 15 heavy (non-hydrogen) atoms. The maximum Gasteiger partial charge on any atom is 0.148 e. The lowest BCUT2D eigenvalue weighted by molar-refractivity contribution is 0.189. The summed E-state index contributed by atoms with van der Waals surface area (Å²) in [5, 5.41) is 0. The van der Waals surface area contributed by atoms with Crippen molar-refractivity contribution in [2.45, 2.75) is 19.3 Å². The molecule has 0 aromatic rings. The van der Waals surface area contributed by atoms with Crippen LogP contribution in [-0.4, -0.2) is 51.5 Å². The van der Waals surface area contributed by atoms with E-state index in [1.54, 1.807) is 0 Å². The van der Waals surface area contributed by atoms with Gasteiger partial charge in [-0.3, -0.25) is 0 Å². The molecule has 0 aromatic carbocycles. The summed E-state index contributed by atoms with van der Waals surface area (Å²) >= 11 is 0. The van der Waals surface area contributed by atoms with E-state index < -0.39 is 9.84 Å². The van der Waals surface area contributed by atoms with Crippen LogP contribution in [0.2, 0.25) is 0 Å². The van der Waals surface area contributed by atoms with Crippen LogP contribution in [-0.2, 0) is 9.84 Å². The van der Waals surface area contributed by atoms with E-state index in [-0.39, 0.29) is 5.75 Å². The zero-order valence-corrected chi connectivity index (χ0v) is 10.3. The predicted octanol–water partition coefficient (Wildman–Crippen LogP) is 0.0918. The van der Waals surface area contributed by atoms with Gasteiger partial charge in [0.2, 0.25) is 0 Å². The Balaban J connectivity index is 2.20. The Kier molecular flexibility index (Phi) is 5.02. The van der Waals surface area contributed by atoms with E-state index in [4.69, 9.17) is 5.73 Å². The van der Waals surface area contributed by atoms with Crippen LogP contribution in [0.4, 0.5) is 0 Å². The fraction of sp³-hybridized carbons (Fsp3) is 1.00. The van der Waals surface area contributed by atoms with E-state index >= 15 is 0 Å². The van der Waals surface area contributed by atoms with Gasteiger partial charge in [0.05, 0.1) is 5.75 Å². The standard InChI is InChI=1S/C10H22N2O2S/c1-15(13,14)9-8-12-6-3-10(2-5-11)4-7-12/h10H,2-9,11H2,1H3. The molecule has 0 aromatic heterocycles. The van der Waals surface area contributed by atoms with Gasteiger partial charge in [-0.2, -0.15) is 0 Å². The number of hydrogen-bond donors (Lipinski definition) is 1. The quantitative estimate of drug-likeness (QED) is 0.732. The number of nitrogens with two attached hydrogens (primary N) is 1. The Labute approximate surface area is 92.7 Å². The van der Waals surface area contributed by atoms with Crippen LogP contribution in [0.1, 0.15) is 19.3 Å². The molecular formula is C10H22N2O2S. The van der Waals surface area contributed by atoms with Crippen LogP contribution in [0.3, 0.4) is 0 Å². The van der Waals surface area contributed by atoms with Gasteiger partial charge < -0.3 is 10.6 Å². The fourth-order valence-electron chi connectivity index (χ4n) is 2.03. The lowest BCUT2D eigenvalue weighted by Crippen LogP contribution is -2.37. The molecule has 2 N–H and O–H groups in total. The molecule has 0 saturated carbocycles. The van der Waals surface area contributed by atoms with Crippen molar-refractivity contribution in [2.24, 2.45) is 11.7 Å². The molecule has 0 atom stereocenters. The number of hydrogen-bond acceptors (Lipinski definition) is 4. The van der Waals surface area contributed by atoms with E-state index in [1.807, 2.05) is 0 Å². The van der Waals surface area contributed by atoms with E-state index in [9.17, 15) is 8.42 Å². The highest BCUT2D eigenvalue weighted by atomic mass is 32.2. The minimum absolute atomic E-state index is 0.286. The van der Waals surface area contributed by atoms with Crippen molar-refractivity contribution in [3.05, 3.63) is 0 Å². The number of likely N-dealkylation sites (tertiary alicyclic amines) is 1. The zero-order valence-electron chi connectivity index (χ0n) is 9.48. The van der Waals surface area contributed by atoms with Gasteiger partial charge in [0.15, 0.2) is 0 Å². The molecule has 0 bridgehead atoms. The van der Waals surface area contributed by atoms with Gasteiger partial charge in [-0.1, -0.05) is 0 Å². The molecule has 0 unspecified atom stereocenters. The van der Waals surface area contributed by atoms with Gasteiger partial charge in [-0.05, 0) is 44.8 Å². The van der Waals surface area contributed by atoms with Crippen LogP contribution in [0.25, 0.3) is 0 Å². The zero-order chi connectivity index (χ0) is 11.3. The van der Waals surface area contributed by atoms with Gasteiger partial charge >= 0.3 is 0 Å². The average Bonchev–Trinajstić information content (AvgIpc) is 2.16. The second-order valence-electron chi connectivity index (χ2n) is 4.49. The minimum atomic E-state index is -2.81. The van der Waals surface area contributed by atoms with Gasteiger partial charge in [-0.25, -0.2) is 8.42 Å². The Hall–Kier alpha value is -0.130. The topological polar surface area (TPSA) is 63.4 Å². The van der Waals surface area contributed by atoms with E-state index in [2.05, 4.69) is 4.90 Å². The molecule has 1 aliphatic rings. The van der Waals surface area contributed by atoms with Crippen LogP contribution in [0.5, 0.6) is 0 Å². The van der Waals surface area contributed by atoms with E-state index in [0.717, 1.165) is 32.0 Å². The fourth-order valence-corrected chi connectivity index (χ4v) is 2.62. The third kappa shape index (κ3) is 5.49. The smallest absolute Gasteiger partial charge is 0.148 e. The Morgan fingerprint density at radius 1 is 1.33 bits per heavy atom. The second kappa shape index (κ2) is 5.82. The Bertz CT molecular complexity index is 269. The number of piperidine rings is 1. The van der Waals surface area contributed by atoms with Crippen molar-refractivity contribution in [2.75, 3.05) is 38.2 Å². The first-order valence-corrected chi connectivity index (χ1v) is 7.67. The van der Waals surface area contributed by atoms with Crippen LogP contribution >= 0.6 is 0 Å². The molecule has 0 spiro atoms. The molecule has 0 aliphatic carbocycles. The lowest BCUT2D eigenvalue weighted by atomic mass is 9.94. The van der Waals surface area contributed by atoms with Gasteiger partial charge in [0, 0.05) is 12.8 Å². The van der Waals surface area contributed by atoms with Crippen molar-refractivity contribution in [1.29, 1.82) is 0 Å². The van der Waals surface area contributed by atoms with Gasteiger partial charge in [-0.15, -0.1) is 0 Å². The molecule has 90 valence electrons. The van der Waals surface area contributed by atoms with Crippen LogP contribution in [0.15, 0.2) is 0 Å². The third-order valence-electron chi connectivity index (χ3n) is 3.06. The summed E-state index contributed by atoms with van der Waals surface area (Å²) in [6.07, 6.45) is 4.75. The number of nitrogens with zero attached hydrogens (tertiary/aromatic N) is 1. The maximum absolute atomic E-state index is 11.0. The van der Waals surface area contributed by atoms with Crippen molar-refractivity contribution in [3.8, 4) is 0 Å². The van der Waals surface area contributed by atoms with Crippen molar-refractivity contribution >= 4 is 9.84 Å².